The van der Waals surface area contributed by atoms with Crippen molar-refractivity contribution >= 4 is 5.91 Å². The molecule has 0 saturated carbocycles. The summed E-state index contributed by atoms with van der Waals surface area (Å²) in [6, 6.07) is 7.33. The number of rotatable bonds is 6. The molecular formula is C19H28N2O4. The van der Waals surface area contributed by atoms with E-state index < -0.39 is 6.10 Å². The minimum absolute atomic E-state index is 0.0175. The second kappa shape index (κ2) is 9.44. The number of likely N-dealkylation sites (N-methyl/N-ethyl adjacent to an activating group) is 1. The van der Waals surface area contributed by atoms with Crippen LogP contribution in [0, 0.1) is 0 Å². The number of aliphatic hydroxyl groups excluding tert-OH is 1. The van der Waals surface area contributed by atoms with Crippen LogP contribution in [0.3, 0.4) is 0 Å². The van der Waals surface area contributed by atoms with Crippen molar-refractivity contribution < 1.29 is 19.4 Å². The molecule has 1 N–H and O–H groups in total. The molecule has 1 saturated heterocycles. The Balaban J connectivity index is 1.93. The molecule has 1 aromatic carbocycles. The maximum Gasteiger partial charge on any atom is 0.246 e. The van der Waals surface area contributed by atoms with Gasteiger partial charge in [-0.15, -0.1) is 0 Å². The molecule has 0 spiro atoms. The Morgan fingerprint density at radius 2 is 2.04 bits per heavy atom. The van der Waals surface area contributed by atoms with Crippen LogP contribution in [0.1, 0.15) is 12.8 Å². The molecule has 1 aromatic rings. The second-order valence-corrected chi connectivity index (χ2v) is 6.47. The normalized spacial score (nSPS) is 21.4. The van der Waals surface area contributed by atoms with Gasteiger partial charge < -0.3 is 24.4 Å². The summed E-state index contributed by atoms with van der Waals surface area (Å²) in [7, 11) is 5.52. The number of nitrogens with zero attached hydrogens (tertiary/aromatic N) is 2. The molecule has 1 fully saturated rings. The average Bonchev–Trinajstić information content (AvgIpc) is 2.77. The summed E-state index contributed by atoms with van der Waals surface area (Å²) in [4.78, 5) is 16.0. The fraction of sp³-hybridized carbons (Fsp3) is 0.526. The van der Waals surface area contributed by atoms with E-state index in [2.05, 4.69) is 0 Å². The highest BCUT2D eigenvalue weighted by atomic mass is 16.5. The first-order chi connectivity index (χ1) is 12.0. The Bertz CT molecular complexity index is 589. The lowest BCUT2D eigenvalue weighted by molar-refractivity contribution is -0.126. The first-order valence-electron chi connectivity index (χ1n) is 8.58. The Labute approximate surface area is 149 Å². The van der Waals surface area contributed by atoms with Gasteiger partial charge in [-0.25, -0.2) is 0 Å². The third kappa shape index (κ3) is 6.07. The van der Waals surface area contributed by atoms with E-state index in [-0.39, 0.29) is 12.0 Å². The van der Waals surface area contributed by atoms with Crippen LogP contribution in [-0.2, 0) is 4.79 Å². The van der Waals surface area contributed by atoms with E-state index in [1.54, 1.807) is 24.2 Å². The monoisotopic (exact) mass is 348 g/mol. The van der Waals surface area contributed by atoms with Crippen molar-refractivity contribution in [2.45, 2.75) is 25.0 Å². The number of carbonyl (C=O) groups is 1. The third-order valence-corrected chi connectivity index (χ3v) is 4.18. The van der Waals surface area contributed by atoms with Crippen LogP contribution in [0.25, 0.3) is 0 Å². The summed E-state index contributed by atoms with van der Waals surface area (Å²) in [5.41, 5.74) is 0. The Morgan fingerprint density at radius 1 is 1.32 bits per heavy atom. The predicted octanol–water partition coefficient (Wildman–Crippen LogP) is 1.54. The van der Waals surface area contributed by atoms with Gasteiger partial charge in [-0.2, -0.15) is 0 Å². The first-order valence-corrected chi connectivity index (χ1v) is 8.58. The highest BCUT2D eigenvalue weighted by molar-refractivity contribution is 5.87. The fourth-order valence-electron chi connectivity index (χ4n) is 2.74. The van der Waals surface area contributed by atoms with Crippen LogP contribution in [0.5, 0.6) is 11.5 Å². The number of methoxy groups -OCH3 is 1. The van der Waals surface area contributed by atoms with E-state index in [0.29, 0.717) is 37.4 Å². The third-order valence-electron chi connectivity index (χ3n) is 4.18. The van der Waals surface area contributed by atoms with Gasteiger partial charge >= 0.3 is 0 Å². The summed E-state index contributed by atoms with van der Waals surface area (Å²) in [5, 5.41) is 10.4. The van der Waals surface area contributed by atoms with Gasteiger partial charge in [-0.05, 0) is 32.6 Å². The van der Waals surface area contributed by atoms with Gasteiger partial charge in [0.2, 0.25) is 5.91 Å². The SMILES string of the molecule is COc1cccc(O[C@H]2CCN(C(=O)/C=C/CN(C)C)CC[C@@H]2O)c1. The zero-order valence-corrected chi connectivity index (χ0v) is 15.2. The van der Waals surface area contributed by atoms with E-state index in [1.807, 2.05) is 43.3 Å². The summed E-state index contributed by atoms with van der Waals surface area (Å²) < 4.78 is 11.1. The van der Waals surface area contributed by atoms with Crippen molar-refractivity contribution in [2.24, 2.45) is 0 Å². The molecular weight excluding hydrogens is 320 g/mol. The Hall–Kier alpha value is -2.05. The largest absolute Gasteiger partial charge is 0.497 e. The number of hydrogen-bond acceptors (Lipinski definition) is 5. The van der Waals surface area contributed by atoms with Crippen molar-refractivity contribution in [1.82, 2.24) is 9.80 Å². The van der Waals surface area contributed by atoms with Crippen LogP contribution < -0.4 is 9.47 Å². The zero-order chi connectivity index (χ0) is 18.2. The maximum absolute atomic E-state index is 12.3. The van der Waals surface area contributed by atoms with Crippen LogP contribution in [0.15, 0.2) is 36.4 Å². The molecule has 0 bridgehead atoms. The fourth-order valence-corrected chi connectivity index (χ4v) is 2.74. The smallest absolute Gasteiger partial charge is 0.246 e. The molecule has 1 aliphatic heterocycles. The Kier molecular flexibility index (Phi) is 7.28. The van der Waals surface area contributed by atoms with Gasteiger partial charge in [0.1, 0.15) is 17.6 Å². The molecule has 6 nitrogen and oxygen atoms in total. The van der Waals surface area contributed by atoms with Gasteiger partial charge in [0.05, 0.1) is 13.2 Å². The van der Waals surface area contributed by atoms with Gasteiger partial charge in [-0.3, -0.25) is 4.79 Å². The molecule has 0 radical (unpaired) electrons. The van der Waals surface area contributed by atoms with Crippen molar-refractivity contribution in [2.75, 3.05) is 40.8 Å². The molecule has 1 amide bonds. The number of benzene rings is 1. The molecule has 0 aromatic heterocycles. The van der Waals surface area contributed by atoms with Crippen LogP contribution in [0.2, 0.25) is 0 Å². The van der Waals surface area contributed by atoms with E-state index >= 15 is 0 Å². The number of carbonyl (C=O) groups excluding carboxylic acids is 1. The number of likely N-dealkylation sites (tertiary alicyclic amines) is 1. The average molecular weight is 348 g/mol. The van der Waals surface area contributed by atoms with E-state index in [0.717, 1.165) is 6.54 Å². The molecule has 6 heteroatoms. The minimum Gasteiger partial charge on any atom is -0.497 e. The highest BCUT2D eigenvalue weighted by Gasteiger charge is 2.27. The van der Waals surface area contributed by atoms with Crippen molar-refractivity contribution in [3.63, 3.8) is 0 Å². The molecule has 25 heavy (non-hydrogen) atoms. The number of hydrogen-bond donors (Lipinski definition) is 1. The van der Waals surface area contributed by atoms with Crippen LogP contribution in [0.4, 0.5) is 0 Å². The van der Waals surface area contributed by atoms with Crippen LogP contribution in [-0.4, -0.2) is 73.9 Å². The Morgan fingerprint density at radius 3 is 2.76 bits per heavy atom. The quantitative estimate of drug-likeness (QED) is 0.790. The molecule has 1 aliphatic rings. The molecule has 138 valence electrons. The molecule has 0 unspecified atom stereocenters. The highest BCUT2D eigenvalue weighted by Crippen LogP contribution is 2.23. The lowest BCUT2D eigenvalue weighted by atomic mass is 10.1. The summed E-state index contributed by atoms with van der Waals surface area (Å²) in [6.07, 6.45) is 3.61. The van der Waals surface area contributed by atoms with E-state index in [1.165, 1.54) is 0 Å². The minimum atomic E-state index is -0.602. The molecule has 2 rings (SSSR count). The topological polar surface area (TPSA) is 62.2 Å². The van der Waals surface area contributed by atoms with Gasteiger partial charge in [0.15, 0.2) is 0 Å². The number of amides is 1. The maximum atomic E-state index is 12.3. The first kappa shape index (κ1) is 19.3. The van der Waals surface area contributed by atoms with Crippen LogP contribution >= 0.6 is 0 Å². The van der Waals surface area contributed by atoms with Gasteiger partial charge in [-0.1, -0.05) is 12.1 Å². The summed E-state index contributed by atoms with van der Waals surface area (Å²) in [6.45, 7) is 1.82. The molecule has 0 aliphatic carbocycles. The predicted molar refractivity (Wildman–Crippen MR) is 96.9 cm³/mol. The second-order valence-electron chi connectivity index (χ2n) is 6.47. The lowest BCUT2D eigenvalue weighted by Gasteiger charge is -2.22. The summed E-state index contributed by atoms with van der Waals surface area (Å²) >= 11 is 0. The summed E-state index contributed by atoms with van der Waals surface area (Å²) in [5.74, 6) is 1.36. The number of aliphatic hydroxyl groups is 1. The van der Waals surface area contributed by atoms with E-state index in [9.17, 15) is 9.90 Å². The lowest BCUT2D eigenvalue weighted by Crippen LogP contribution is -2.32. The van der Waals surface area contributed by atoms with Crippen molar-refractivity contribution in [1.29, 1.82) is 0 Å². The molecule has 1 heterocycles. The standard InChI is InChI=1S/C19H28N2O4/c1-20(2)11-5-8-19(23)21-12-9-17(22)18(10-13-21)25-16-7-4-6-15(14-16)24-3/h4-8,14,17-18,22H,9-13H2,1-3H3/b8-5+/t17-,18-/m0/s1. The number of ether oxygens (including phenoxy) is 2. The zero-order valence-electron chi connectivity index (χ0n) is 15.2. The van der Waals surface area contributed by atoms with Gasteiger partial charge in [0, 0.05) is 38.2 Å². The van der Waals surface area contributed by atoms with Gasteiger partial charge in [0.25, 0.3) is 0 Å². The van der Waals surface area contributed by atoms with Crippen molar-refractivity contribution in [3.05, 3.63) is 36.4 Å². The van der Waals surface area contributed by atoms with Crippen molar-refractivity contribution in [3.8, 4) is 11.5 Å². The molecule has 2 atom stereocenters. The van der Waals surface area contributed by atoms with E-state index in [4.69, 9.17) is 9.47 Å².